The maximum atomic E-state index is 10.7. The van der Waals surface area contributed by atoms with Gasteiger partial charge in [-0.15, -0.1) is 0 Å². The molecule has 0 aliphatic heterocycles. The van der Waals surface area contributed by atoms with E-state index < -0.39 is 15.6 Å². The fraction of sp³-hybridized carbons (Fsp3) is 1.00. The molecule has 4 radical (unpaired) electrons. The summed E-state index contributed by atoms with van der Waals surface area (Å²) in [5, 5.41) is 0. The van der Waals surface area contributed by atoms with Crippen molar-refractivity contribution in [3.8, 4) is 0 Å². The van der Waals surface area contributed by atoms with E-state index in [1.54, 1.807) is 0 Å². The van der Waals surface area contributed by atoms with Gasteiger partial charge in [0.15, 0.2) is 0 Å². The van der Waals surface area contributed by atoms with Crippen molar-refractivity contribution in [3.05, 3.63) is 0 Å². The van der Waals surface area contributed by atoms with Crippen LogP contribution in [0.5, 0.6) is 0 Å². The summed E-state index contributed by atoms with van der Waals surface area (Å²) in [6.45, 7) is 0. The molecule has 0 aliphatic rings. The van der Waals surface area contributed by atoms with E-state index in [1.807, 2.05) is 0 Å². The molecule has 0 aromatic carbocycles. The van der Waals surface area contributed by atoms with E-state index >= 15 is 0 Å². The van der Waals surface area contributed by atoms with Crippen molar-refractivity contribution in [3.63, 3.8) is 0 Å². The van der Waals surface area contributed by atoms with Crippen LogP contribution in [0.15, 0.2) is 0 Å². The molecule has 0 aromatic rings. The van der Waals surface area contributed by atoms with Crippen LogP contribution in [0, 0.1) is 0 Å². The van der Waals surface area contributed by atoms with Gasteiger partial charge in [-0.2, -0.15) is 21.6 Å². The van der Waals surface area contributed by atoms with E-state index in [-0.39, 0.29) is 23.9 Å². The first kappa shape index (κ1) is 12.2. The topological polar surface area (TPSA) is 54.4 Å². The predicted octanol–water partition coefficient (Wildman–Crippen LogP) is 0.0132. The molecule has 0 spiro atoms. The van der Waals surface area contributed by atoms with Gasteiger partial charge >= 0.3 is 15.6 Å². The molecule has 0 rings (SSSR count). The first-order valence-electron chi connectivity index (χ1n) is 1.29. The molecule has 0 aromatic heterocycles. The van der Waals surface area contributed by atoms with Crippen LogP contribution in [0.25, 0.3) is 0 Å². The van der Waals surface area contributed by atoms with Gasteiger partial charge in [-0.3, -0.25) is 4.55 Å². The molecule has 0 unspecified atom stereocenters. The van der Waals surface area contributed by atoms with Gasteiger partial charge in [0.1, 0.15) is 0 Å². The Kier molecular flexibility index (Phi) is 4.15. The average molecular weight is 269 g/mol. The average Bonchev–Trinajstić information content (AvgIpc) is 1.25. The van der Waals surface area contributed by atoms with Gasteiger partial charge in [0.25, 0.3) is 0 Å². The fourth-order valence-electron chi connectivity index (χ4n) is 0. The Balaban J connectivity index is 0. The molecular weight excluding hydrogens is 268 g/mol. The first-order valence-corrected chi connectivity index (χ1v) is 2.73. The summed E-state index contributed by atoms with van der Waals surface area (Å²) in [5.41, 5.74) is -5.53. The quantitative estimate of drug-likeness (QED) is 0.383. The summed E-state index contributed by atoms with van der Waals surface area (Å²) in [7, 11) is -5.84. The van der Waals surface area contributed by atoms with E-state index in [0.717, 1.165) is 0 Å². The SMILES string of the molecule is O=S(=O)(O)C(F)(F)F.[Sn]. The maximum Gasteiger partial charge on any atom is 0.522 e. The largest absolute Gasteiger partial charge is 0.522 e. The number of alkyl halides is 3. The van der Waals surface area contributed by atoms with E-state index in [9.17, 15) is 13.2 Å². The molecule has 0 saturated carbocycles. The molecule has 0 amide bonds. The molecule has 8 heteroatoms. The maximum absolute atomic E-state index is 10.7. The molecule has 1 N–H and O–H groups in total. The normalized spacial score (nSPS) is 12.4. The molecule has 0 atom stereocenters. The predicted molar refractivity (Wildman–Crippen MR) is 23.4 cm³/mol. The Hall–Kier alpha value is 0.499. The van der Waals surface area contributed by atoms with E-state index in [0.29, 0.717) is 0 Å². The smallest absolute Gasteiger partial charge is 0.279 e. The zero-order chi connectivity index (χ0) is 7.00. The minimum atomic E-state index is -5.84. The zero-order valence-corrected chi connectivity index (χ0v) is 7.48. The molecule has 0 heterocycles. The minimum absolute atomic E-state index is 0. The number of hydrogen-bond donors (Lipinski definition) is 1. The fourth-order valence-corrected chi connectivity index (χ4v) is 0. The molecule has 3 nitrogen and oxygen atoms in total. The third-order valence-electron chi connectivity index (χ3n) is 0.292. The summed E-state index contributed by atoms with van der Waals surface area (Å²) in [5.74, 6) is 0. The van der Waals surface area contributed by atoms with Gasteiger partial charge in [-0.05, 0) is 0 Å². The molecule has 54 valence electrons. The van der Waals surface area contributed by atoms with Crippen LogP contribution in [0.2, 0.25) is 0 Å². The summed E-state index contributed by atoms with van der Waals surface area (Å²) in [6, 6.07) is 0. The summed E-state index contributed by atoms with van der Waals surface area (Å²) in [4.78, 5) is 0. The van der Waals surface area contributed by atoms with Gasteiger partial charge in [-0.25, -0.2) is 0 Å². The van der Waals surface area contributed by atoms with Gasteiger partial charge in [0, 0.05) is 23.9 Å². The molecule has 9 heavy (non-hydrogen) atoms. The van der Waals surface area contributed by atoms with E-state index in [2.05, 4.69) is 0 Å². The second kappa shape index (κ2) is 3.06. The third-order valence-corrected chi connectivity index (χ3v) is 0.877. The van der Waals surface area contributed by atoms with Crippen LogP contribution < -0.4 is 0 Å². The Bertz CT molecular complexity index is 168. The van der Waals surface area contributed by atoms with Crippen LogP contribution >= 0.6 is 0 Å². The van der Waals surface area contributed by atoms with E-state index in [4.69, 9.17) is 13.0 Å². The minimum Gasteiger partial charge on any atom is -0.279 e. The van der Waals surface area contributed by atoms with Crippen molar-refractivity contribution in [2.75, 3.05) is 0 Å². The van der Waals surface area contributed by atoms with Crippen LogP contribution in [0.3, 0.4) is 0 Å². The molecule has 0 bridgehead atoms. The van der Waals surface area contributed by atoms with Crippen LogP contribution in [-0.2, 0) is 10.1 Å². The van der Waals surface area contributed by atoms with Crippen molar-refractivity contribution >= 4 is 34.0 Å². The number of hydrogen-bond acceptors (Lipinski definition) is 2. The number of rotatable bonds is 0. The Morgan fingerprint density at radius 2 is 1.33 bits per heavy atom. The summed E-state index contributed by atoms with van der Waals surface area (Å²) in [6.07, 6.45) is 0. The van der Waals surface area contributed by atoms with E-state index in [1.165, 1.54) is 0 Å². The summed E-state index contributed by atoms with van der Waals surface area (Å²) >= 11 is 0. The molecule has 0 aliphatic carbocycles. The third kappa shape index (κ3) is 3.98. The Morgan fingerprint density at radius 1 is 1.22 bits per heavy atom. The number of halogens is 3. The van der Waals surface area contributed by atoms with Crippen molar-refractivity contribution in [2.24, 2.45) is 0 Å². The van der Waals surface area contributed by atoms with Crippen LogP contribution in [0.1, 0.15) is 0 Å². The first-order chi connectivity index (χ1) is 3.25. The van der Waals surface area contributed by atoms with Gasteiger partial charge in [-0.1, -0.05) is 0 Å². The van der Waals surface area contributed by atoms with Gasteiger partial charge < -0.3 is 0 Å². The van der Waals surface area contributed by atoms with Crippen LogP contribution in [0.4, 0.5) is 13.2 Å². The second-order valence-corrected chi connectivity index (χ2v) is 2.33. The van der Waals surface area contributed by atoms with Crippen LogP contribution in [-0.4, -0.2) is 42.4 Å². The van der Waals surface area contributed by atoms with Gasteiger partial charge in [0.2, 0.25) is 0 Å². The van der Waals surface area contributed by atoms with Crippen molar-refractivity contribution < 1.29 is 26.1 Å². The zero-order valence-electron chi connectivity index (χ0n) is 3.81. The standard InChI is InChI=1S/CHF3O3S.Sn/c2-1(3,4)8(5,6)7;/h(H,5,6,7);. The van der Waals surface area contributed by atoms with Gasteiger partial charge in [0.05, 0.1) is 0 Å². The molecular formula is CHF3O3SSn. The monoisotopic (exact) mass is 270 g/mol. The second-order valence-electron chi connectivity index (χ2n) is 0.921. The summed E-state index contributed by atoms with van der Waals surface area (Å²) < 4.78 is 57.5. The van der Waals surface area contributed by atoms with Crippen molar-refractivity contribution in [1.29, 1.82) is 0 Å². The molecule has 0 saturated heterocycles. The Morgan fingerprint density at radius 3 is 1.33 bits per heavy atom. The van der Waals surface area contributed by atoms with Crippen molar-refractivity contribution in [1.82, 2.24) is 0 Å². The Labute approximate surface area is 65.9 Å². The molecule has 0 fully saturated rings. The van der Waals surface area contributed by atoms with Crippen molar-refractivity contribution in [2.45, 2.75) is 5.51 Å².